The minimum Gasteiger partial charge on any atom is -0.456 e. The first kappa shape index (κ1) is 14.6. The van der Waals surface area contributed by atoms with Crippen LogP contribution in [-0.4, -0.2) is 12.1 Å². The topological polar surface area (TPSA) is 16.4 Å². The summed E-state index contributed by atoms with van der Waals surface area (Å²) < 4.78 is 6.03. The van der Waals surface area contributed by atoms with Gasteiger partial charge < -0.3 is 9.32 Å². The maximum atomic E-state index is 6.03. The van der Waals surface area contributed by atoms with E-state index in [2.05, 4.69) is 63.8 Å². The molecule has 0 spiro atoms. The molecule has 1 fully saturated rings. The highest BCUT2D eigenvalue weighted by atomic mass is 16.3. The van der Waals surface area contributed by atoms with Gasteiger partial charge in [-0.1, -0.05) is 32.0 Å². The lowest BCUT2D eigenvalue weighted by molar-refractivity contribution is 0.371. The summed E-state index contributed by atoms with van der Waals surface area (Å²) in [7, 11) is 0. The molecule has 120 valence electrons. The quantitative estimate of drug-likeness (QED) is 0.555. The van der Waals surface area contributed by atoms with E-state index in [0.29, 0.717) is 5.41 Å². The molecule has 4 rings (SSSR count). The minimum absolute atomic E-state index is 0.182. The number of para-hydroxylation sites is 1. The van der Waals surface area contributed by atoms with Crippen LogP contribution in [0.1, 0.15) is 39.7 Å². The van der Waals surface area contributed by atoms with Gasteiger partial charge in [0.05, 0.1) is 0 Å². The Hall–Kier alpha value is -1.96. The van der Waals surface area contributed by atoms with Crippen molar-refractivity contribution in [1.82, 2.24) is 0 Å². The summed E-state index contributed by atoms with van der Waals surface area (Å²) in [4.78, 5) is 2.59. The van der Waals surface area contributed by atoms with E-state index in [1.807, 2.05) is 12.1 Å². The number of rotatable bonds is 1. The number of furan rings is 1. The van der Waals surface area contributed by atoms with Crippen LogP contribution in [0.25, 0.3) is 21.9 Å². The van der Waals surface area contributed by atoms with Gasteiger partial charge in [-0.05, 0) is 56.4 Å². The van der Waals surface area contributed by atoms with Gasteiger partial charge in [-0.15, -0.1) is 0 Å². The average molecular weight is 307 g/mol. The fourth-order valence-electron chi connectivity index (χ4n) is 4.53. The Kier molecular flexibility index (Phi) is 2.88. The molecule has 2 heterocycles. The molecular weight excluding hydrogens is 282 g/mol. The van der Waals surface area contributed by atoms with Crippen LogP contribution in [0.5, 0.6) is 0 Å². The Balaban J connectivity index is 1.93. The molecule has 23 heavy (non-hydrogen) atoms. The number of aryl methyl sites for hydroxylation is 1. The standard InChI is InChI=1S/C21H25NO/c1-14-10-19-16(15-8-6-7-9-18(15)23-19)11-17(14)22-13-20(2,3)12-21(22,4)5/h6-11H,12-13H2,1-5H3. The van der Waals surface area contributed by atoms with Crippen molar-refractivity contribution in [3.63, 3.8) is 0 Å². The zero-order chi connectivity index (χ0) is 16.4. The van der Waals surface area contributed by atoms with E-state index >= 15 is 0 Å². The molecular formula is C21H25NO. The molecule has 1 aliphatic rings. The van der Waals surface area contributed by atoms with Gasteiger partial charge in [0.25, 0.3) is 0 Å². The molecule has 3 aromatic rings. The van der Waals surface area contributed by atoms with Gasteiger partial charge in [-0.25, -0.2) is 0 Å². The Morgan fingerprint density at radius 3 is 2.39 bits per heavy atom. The highest BCUT2D eigenvalue weighted by Crippen LogP contribution is 2.45. The average Bonchev–Trinajstić information content (AvgIpc) is 2.90. The van der Waals surface area contributed by atoms with Gasteiger partial charge in [0, 0.05) is 28.5 Å². The van der Waals surface area contributed by atoms with Crippen molar-refractivity contribution in [3.05, 3.63) is 42.0 Å². The van der Waals surface area contributed by atoms with Gasteiger partial charge in [0.2, 0.25) is 0 Å². The molecule has 2 heteroatoms. The highest BCUT2D eigenvalue weighted by Gasteiger charge is 2.43. The molecule has 2 nitrogen and oxygen atoms in total. The lowest BCUT2D eigenvalue weighted by atomic mass is 9.86. The molecule has 2 aromatic carbocycles. The first-order valence-electron chi connectivity index (χ1n) is 8.46. The van der Waals surface area contributed by atoms with Crippen molar-refractivity contribution in [2.45, 2.75) is 46.6 Å². The molecule has 0 bridgehead atoms. The Morgan fingerprint density at radius 1 is 0.957 bits per heavy atom. The molecule has 0 N–H and O–H groups in total. The third-order valence-electron chi connectivity index (χ3n) is 5.21. The van der Waals surface area contributed by atoms with E-state index < -0.39 is 0 Å². The number of anilines is 1. The number of hydrogen-bond acceptors (Lipinski definition) is 2. The van der Waals surface area contributed by atoms with Crippen molar-refractivity contribution in [2.24, 2.45) is 5.41 Å². The third-order valence-corrected chi connectivity index (χ3v) is 5.21. The smallest absolute Gasteiger partial charge is 0.135 e. The van der Waals surface area contributed by atoms with Gasteiger partial charge >= 0.3 is 0 Å². The third kappa shape index (κ3) is 2.23. The highest BCUT2D eigenvalue weighted by molar-refractivity contribution is 6.06. The van der Waals surface area contributed by atoms with E-state index in [0.717, 1.165) is 17.7 Å². The van der Waals surface area contributed by atoms with E-state index in [1.54, 1.807) is 0 Å². The number of benzene rings is 2. The molecule has 1 saturated heterocycles. The van der Waals surface area contributed by atoms with E-state index in [-0.39, 0.29) is 5.54 Å². The largest absolute Gasteiger partial charge is 0.456 e. The zero-order valence-electron chi connectivity index (χ0n) is 14.7. The lowest BCUT2D eigenvalue weighted by Crippen LogP contribution is -2.38. The number of nitrogens with zero attached hydrogens (tertiary/aromatic N) is 1. The lowest BCUT2D eigenvalue weighted by Gasteiger charge is -2.34. The monoisotopic (exact) mass is 307 g/mol. The molecule has 0 unspecified atom stereocenters. The normalized spacial score (nSPS) is 19.8. The Labute approximate surface area is 138 Å². The number of hydrogen-bond donors (Lipinski definition) is 0. The Morgan fingerprint density at radius 2 is 1.70 bits per heavy atom. The first-order valence-corrected chi connectivity index (χ1v) is 8.46. The van der Waals surface area contributed by atoms with E-state index in [9.17, 15) is 0 Å². The summed E-state index contributed by atoms with van der Waals surface area (Å²) in [6, 6.07) is 12.8. The molecule has 1 aromatic heterocycles. The van der Waals surface area contributed by atoms with Crippen molar-refractivity contribution < 1.29 is 4.42 Å². The molecule has 0 amide bonds. The van der Waals surface area contributed by atoms with Crippen LogP contribution in [-0.2, 0) is 0 Å². The van der Waals surface area contributed by atoms with Crippen molar-refractivity contribution in [2.75, 3.05) is 11.4 Å². The van der Waals surface area contributed by atoms with Crippen LogP contribution in [0.2, 0.25) is 0 Å². The van der Waals surface area contributed by atoms with E-state index in [1.165, 1.54) is 28.4 Å². The second-order valence-corrected chi connectivity index (χ2v) is 8.47. The van der Waals surface area contributed by atoms with Crippen LogP contribution < -0.4 is 4.90 Å². The summed E-state index contributed by atoms with van der Waals surface area (Å²) in [5, 5.41) is 2.43. The van der Waals surface area contributed by atoms with Gasteiger partial charge in [-0.2, -0.15) is 0 Å². The van der Waals surface area contributed by atoms with Crippen LogP contribution >= 0.6 is 0 Å². The predicted molar refractivity (Wildman–Crippen MR) is 98.3 cm³/mol. The predicted octanol–water partition coefficient (Wildman–Crippen LogP) is 5.91. The van der Waals surface area contributed by atoms with Crippen molar-refractivity contribution >= 4 is 27.6 Å². The maximum Gasteiger partial charge on any atom is 0.135 e. The van der Waals surface area contributed by atoms with Gasteiger partial charge in [0.1, 0.15) is 11.2 Å². The fourth-order valence-corrected chi connectivity index (χ4v) is 4.53. The van der Waals surface area contributed by atoms with Crippen LogP contribution in [0.3, 0.4) is 0 Å². The van der Waals surface area contributed by atoms with Gasteiger partial charge in [-0.3, -0.25) is 0 Å². The van der Waals surface area contributed by atoms with Crippen molar-refractivity contribution in [1.29, 1.82) is 0 Å². The Bertz CT molecular complexity index is 901. The summed E-state index contributed by atoms with van der Waals surface area (Å²) in [5.41, 5.74) is 5.14. The summed E-state index contributed by atoms with van der Waals surface area (Å²) in [5.74, 6) is 0. The zero-order valence-corrected chi connectivity index (χ0v) is 14.7. The second kappa shape index (κ2) is 4.53. The SMILES string of the molecule is Cc1cc2oc3ccccc3c2cc1N1CC(C)(C)CC1(C)C. The van der Waals surface area contributed by atoms with Crippen LogP contribution in [0.15, 0.2) is 40.8 Å². The maximum absolute atomic E-state index is 6.03. The minimum atomic E-state index is 0.182. The van der Waals surface area contributed by atoms with Crippen LogP contribution in [0.4, 0.5) is 5.69 Å². The van der Waals surface area contributed by atoms with Crippen molar-refractivity contribution in [3.8, 4) is 0 Å². The number of fused-ring (bicyclic) bond motifs is 3. The second-order valence-electron chi connectivity index (χ2n) is 8.47. The fraction of sp³-hybridized carbons (Fsp3) is 0.429. The molecule has 0 aliphatic carbocycles. The molecule has 1 aliphatic heterocycles. The summed E-state index contributed by atoms with van der Waals surface area (Å²) in [6.45, 7) is 12.8. The van der Waals surface area contributed by atoms with Crippen LogP contribution in [0, 0.1) is 12.3 Å². The van der Waals surface area contributed by atoms with Gasteiger partial charge in [0.15, 0.2) is 0 Å². The molecule has 0 saturated carbocycles. The first-order chi connectivity index (χ1) is 10.8. The molecule has 0 atom stereocenters. The van der Waals surface area contributed by atoms with E-state index in [4.69, 9.17) is 4.42 Å². The summed E-state index contributed by atoms with van der Waals surface area (Å²) >= 11 is 0. The summed E-state index contributed by atoms with van der Waals surface area (Å²) in [6.07, 6.45) is 1.21. The molecule has 0 radical (unpaired) electrons.